The lowest BCUT2D eigenvalue weighted by Gasteiger charge is -2.34. The topological polar surface area (TPSA) is 66.6 Å². The molecule has 4 rings (SSSR count). The summed E-state index contributed by atoms with van der Waals surface area (Å²) in [5.41, 5.74) is 0.971. The Balaban J connectivity index is 1.71. The summed E-state index contributed by atoms with van der Waals surface area (Å²) < 4.78 is 36.9. The third-order valence-corrected chi connectivity index (χ3v) is 5.33. The largest absolute Gasteiger partial charge is 0.493 e. The molecule has 1 aliphatic heterocycles. The third kappa shape index (κ3) is 3.89. The number of ether oxygens (including phenoxy) is 3. The molecular weight excluding hydrogens is 387 g/mol. The van der Waals surface area contributed by atoms with Crippen molar-refractivity contribution >= 4 is 0 Å². The lowest BCUT2D eigenvalue weighted by Crippen LogP contribution is -2.35. The summed E-state index contributed by atoms with van der Waals surface area (Å²) in [5.74, 6) is 1.79. The minimum absolute atomic E-state index is 0.0272. The van der Waals surface area contributed by atoms with E-state index in [-0.39, 0.29) is 11.9 Å². The van der Waals surface area contributed by atoms with Crippen molar-refractivity contribution in [1.82, 2.24) is 10.2 Å². The van der Waals surface area contributed by atoms with Crippen molar-refractivity contribution in [2.75, 3.05) is 20.3 Å². The van der Waals surface area contributed by atoms with E-state index in [1.165, 1.54) is 12.1 Å². The molecule has 6 nitrogen and oxygen atoms in total. The van der Waals surface area contributed by atoms with Gasteiger partial charge in [0.1, 0.15) is 5.82 Å². The number of rotatable bonds is 6. The van der Waals surface area contributed by atoms with Crippen LogP contribution in [0.4, 0.5) is 4.39 Å². The Kier molecular flexibility index (Phi) is 5.72. The van der Waals surface area contributed by atoms with Gasteiger partial charge in [0.2, 0.25) is 11.8 Å². The molecule has 1 aromatic heterocycles. The normalized spacial score (nSPS) is 15.9. The molecule has 7 heteroatoms. The van der Waals surface area contributed by atoms with Crippen molar-refractivity contribution < 1.29 is 23.0 Å². The van der Waals surface area contributed by atoms with E-state index in [1.807, 2.05) is 38.1 Å². The van der Waals surface area contributed by atoms with E-state index in [2.05, 4.69) is 10.2 Å². The first-order valence-electron chi connectivity index (χ1n) is 10.0. The predicted molar refractivity (Wildman–Crippen MR) is 109 cm³/mol. The maximum absolute atomic E-state index is 14.0. The van der Waals surface area contributed by atoms with Gasteiger partial charge < -0.3 is 18.6 Å². The molecular formula is C23H25FN2O4. The smallest absolute Gasteiger partial charge is 0.247 e. The molecule has 1 saturated heterocycles. The molecule has 1 fully saturated rings. The number of aromatic nitrogens is 2. The molecule has 0 atom stereocenters. The van der Waals surface area contributed by atoms with Crippen LogP contribution in [0.1, 0.15) is 38.1 Å². The van der Waals surface area contributed by atoms with E-state index in [1.54, 1.807) is 13.2 Å². The van der Waals surface area contributed by atoms with Crippen molar-refractivity contribution in [1.29, 1.82) is 0 Å². The molecule has 0 saturated carbocycles. The molecule has 0 unspecified atom stereocenters. The fourth-order valence-electron chi connectivity index (χ4n) is 3.82. The van der Waals surface area contributed by atoms with E-state index in [0.717, 1.165) is 11.1 Å². The van der Waals surface area contributed by atoms with Gasteiger partial charge in [-0.05, 0) is 62.6 Å². The molecule has 2 aromatic carbocycles. The van der Waals surface area contributed by atoms with Crippen LogP contribution in [0.25, 0.3) is 11.5 Å². The van der Waals surface area contributed by atoms with Crippen molar-refractivity contribution in [3.8, 4) is 23.0 Å². The summed E-state index contributed by atoms with van der Waals surface area (Å²) in [4.78, 5) is 0. The van der Waals surface area contributed by atoms with Gasteiger partial charge in [-0.15, -0.1) is 10.2 Å². The quantitative estimate of drug-likeness (QED) is 0.581. The fourth-order valence-corrected chi connectivity index (χ4v) is 3.82. The Morgan fingerprint density at radius 3 is 2.53 bits per heavy atom. The van der Waals surface area contributed by atoms with Crippen molar-refractivity contribution in [2.45, 2.75) is 38.2 Å². The Bertz CT molecular complexity index is 1010. The molecule has 30 heavy (non-hydrogen) atoms. The van der Waals surface area contributed by atoms with Crippen LogP contribution in [-0.4, -0.2) is 36.6 Å². The SMILES string of the molecule is COc1cc(-c2nnc(C3(c4cccc(F)c4)CCOCC3)o2)ccc1OC(C)C. The molecule has 158 valence electrons. The molecule has 0 aliphatic carbocycles. The van der Waals surface area contributed by atoms with Crippen LogP contribution in [0.5, 0.6) is 11.5 Å². The molecule has 0 spiro atoms. The maximum atomic E-state index is 14.0. The zero-order valence-corrected chi connectivity index (χ0v) is 17.4. The summed E-state index contributed by atoms with van der Waals surface area (Å²) in [6, 6.07) is 12.1. The van der Waals surface area contributed by atoms with Gasteiger partial charge in [-0.25, -0.2) is 4.39 Å². The first kappa shape index (κ1) is 20.3. The van der Waals surface area contributed by atoms with Crippen LogP contribution < -0.4 is 9.47 Å². The van der Waals surface area contributed by atoms with Gasteiger partial charge in [-0.3, -0.25) is 0 Å². The molecule has 3 aromatic rings. The number of methoxy groups -OCH3 is 1. The second-order valence-electron chi connectivity index (χ2n) is 7.65. The summed E-state index contributed by atoms with van der Waals surface area (Å²) in [6.07, 6.45) is 1.31. The van der Waals surface area contributed by atoms with Crippen LogP contribution in [0.2, 0.25) is 0 Å². The van der Waals surface area contributed by atoms with E-state index < -0.39 is 5.41 Å². The summed E-state index contributed by atoms with van der Waals surface area (Å²) in [5, 5.41) is 8.63. The second-order valence-corrected chi connectivity index (χ2v) is 7.65. The van der Waals surface area contributed by atoms with Crippen molar-refractivity contribution in [3.05, 3.63) is 59.7 Å². The lowest BCUT2D eigenvalue weighted by atomic mass is 9.74. The van der Waals surface area contributed by atoms with Gasteiger partial charge >= 0.3 is 0 Å². The highest BCUT2D eigenvalue weighted by atomic mass is 19.1. The van der Waals surface area contributed by atoms with E-state index in [4.69, 9.17) is 18.6 Å². The van der Waals surface area contributed by atoms with E-state index in [9.17, 15) is 4.39 Å². The van der Waals surface area contributed by atoms with Crippen LogP contribution in [0, 0.1) is 5.82 Å². The molecule has 0 bridgehead atoms. The Morgan fingerprint density at radius 1 is 1.03 bits per heavy atom. The summed E-state index contributed by atoms with van der Waals surface area (Å²) in [7, 11) is 1.59. The van der Waals surface area contributed by atoms with Gasteiger partial charge in [-0.2, -0.15) is 0 Å². The van der Waals surface area contributed by atoms with Crippen molar-refractivity contribution in [2.24, 2.45) is 0 Å². The van der Waals surface area contributed by atoms with Crippen LogP contribution in [-0.2, 0) is 10.2 Å². The average Bonchev–Trinajstić information content (AvgIpc) is 3.25. The third-order valence-electron chi connectivity index (χ3n) is 5.33. The Labute approximate surface area is 175 Å². The van der Waals surface area contributed by atoms with Gasteiger partial charge in [0, 0.05) is 18.8 Å². The summed E-state index contributed by atoms with van der Waals surface area (Å²) in [6.45, 7) is 5.00. The van der Waals surface area contributed by atoms with E-state index >= 15 is 0 Å². The zero-order valence-electron chi connectivity index (χ0n) is 17.4. The highest BCUT2D eigenvalue weighted by molar-refractivity contribution is 5.59. The molecule has 0 amide bonds. The first-order valence-corrected chi connectivity index (χ1v) is 10.0. The fraction of sp³-hybridized carbons (Fsp3) is 0.391. The van der Waals surface area contributed by atoms with Crippen LogP contribution >= 0.6 is 0 Å². The van der Waals surface area contributed by atoms with Crippen molar-refractivity contribution in [3.63, 3.8) is 0 Å². The number of hydrogen-bond acceptors (Lipinski definition) is 6. The number of nitrogens with zero attached hydrogens (tertiary/aromatic N) is 2. The highest BCUT2D eigenvalue weighted by Crippen LogP contribution is 2.42. The maximum Gasteiger partial charge on any atom is 0.247 e. The second kappa shape index (κ2) is 8.44. The Morgan fingerprint density at radius 2 is 1.83 bits per heavy atom. The monoisotopic (exact) mass is 412 g/mol. The first-order chi connectivity index (χ1) is 14.5. The summed E-state index contributed by atoms with van der Waals surface area (Å²) >= 11 is 0. The highest BCUT2D eigenvalue weighted by Gasteiger charge is 2.41. The van der Waals surface area contributed by atoms with Gasteiger partial charge in [-0.1, -0.05) is 12.1 Å². The minimum atomic E-state index is -0.573. The van der Waals surface area contributed by atoms with Gasteiger partial charge in [0.15, 0.2) is 11.5 Å². The lowest BCUT2D eigenvalue weighted by molar-refractivity contribution is 0.0545. The van der Waals surface area contributed by atoms with Gasteiger partial charge in [0.05, 0.1) is 18.6 Å². The zero-order chi connectivity index (χ0) is 21.1. The number of hydrogen-bond donors (Lipinski definition) is 0. The Hall–Kier alpha value is -2.93. The standard InChI is InChI=1S/C23H25FN2O4/c1-15(2)29-19-8-7-16(13-20(19)27-3)21-25-26-22(30-21)23(9-11-28-12-10-23)17-5-4-6-18(24)14-17/h4-8,13-15H,9-12H2,1-3H3. The van der Waals surface area contributed by atoms with Crippen LogP contribution in [0.3, 0.4) is 0 Å². The predicted octanol–water partition coefficient (Wildman–Crippen LogP) is 4.77. The minimum Gasteiger partial charge on any atom is -0.493 e. The molecule has 1 aliphatic rings. The van der Waals surface area contributed by atoms with Gasteiger partial charge in [0.25, 0.3) is 0 Å². The average molecular weight is 412 g/mol. The molecule has 2 heterocycles. The molecule has 0 N–H and O–H groups in total. The number of benzene rings is 2. The van der Waals surface area contributed by atoms with Crippen LogP contribution in [0.15, 0.2) is 46.9 Å². The molecule has 0 radical (unpaired) electrons. The number of halogens is 1. The van der Waals surface area contributed by atoms with E-state index in [0.29, 0.717) is 49.3 Å².